The predicted molar refractivity (Wildman–Crippen MR) is 237 cm³/mol. The van der Waals surface area contributed by atoms with Crippen LogP contribution >= 0.6 is 11.8 Å². The number of rotatable bonds is 23. The van der Waals surface area contributed by atoms with Crippen molar-refractivity contribution in [3.05, 3.63) is 11.6 Å². The summed E-state index contributed by atoms with van der Waals surface area (Å²) >= 11 is 1.35. The van der Waals surface area contributed by atoms with Gasteiger partial charge in [-0.3, -0.25) is 10.2 Å². The lowest BCUT2D eigenvalue weighted by molar-refractivity contribution is -0.118. The number of carbonyl (C=O) groups excluding carboxylic acids is 2. The fourth-order valence-corrected chi connectivity index (χ4v) is 10.6. The van der Waals surface area contributed by atoms with E-state index in [1.54, 1.807) is 0 Å². The first-order valence-corrected chi connectivity index (χ1v) is 23.5. The Kier molecular flexibility index (Phi) is 24.7. The van der Waals surface area contributed by atoms with Crippen LogP contribution in [0.1, 0.15) is 131 Å². The Morgan fingerprint density at radius 1 is 0.982 bits per heavy atom. The number of nitrogens with two attached hydrogens (primary N) is 2. The van der Waals surface area contributed by atoms with Crippen molar-refractivity contribution in [1.29, 1.82) is 5.41 Å². The van der Waals surface area contributed by atoms with Crippen LogP contribution in [0.4, 0.5) is 0 Å². The van der Waals surface area contributed by atoms with Crippen molar-refractivity contribution in [3.63, 3.8) is 0 Å². The van der Waals surface area contributed by atoms with E-state index >= 15 is 0 Å². The molecule has 0 aromatic heterocycles. The molecule has 12 heteroatoms. The minimum atomic E-state index is -0.519. The highest BCUT2D eigenvalue weighted by atomic mass is 32.2. The molecule has 8 unspecified atom stereocenters. The van der Waals surface area contributed by atoms with Gasteiger partial charge in [-0.15, -0.1) is 11.8 Å². The van der Waals surface area contributed by atoms with E-state index in [0.29, 0.717) is 93.5 Å². The van der Waals surface area contributed by atoms with Gasteiger partial charge >= 0.3 is 0 Å². The van der Waals surface area contributed by atoms with Crippen LogP contribution in [-0.4, -0.2) is 108 Å². The molecule has 11 nitrogen and oxygen atoms in total. The van der Waals surface area contributed by atoms with E-state index in [1.165, 1.54) is 55.9 Å². The molecule has 0 saturated heterocycles. The molecule has 0 aliphatic heterocycles. The van der Waals surface area contributed by atoms with Crippen molar-refractivity contribution >= 4 is 29.9 Å². The lowest BCUT2D eigenvalue weighted by Gasteiger charge is -2.62. The monoisotopic (exact) mass is 824 g/mol. The largest absolute Gasteiger partial charge is 0.477 e. The smallest absolute Gasteiger partial charge is 0.230 e. The predicted octanol–water partition coefficient (Wildman–Crippen LogP) is 7.29. The molecular weight excluding hydrogens is 739 g/mol. The average Bonchev–Trinajstić information content (AvgIpc) is 3.48. The van der Waals surface area contributed by atoms with Gasteiger partial charge in [-0.05, 0) is 113 Å². The second kappa shape index (κ2) is 27.3. The maximum atomic E-state index is 11.7. The third-order valence-corrected chi connectivity index (χ3v) is 14.2. The standard InChI is InChI=1S/C37H64N4O6S.C6H14.C2H7N/c1-27-7-8-31-35(27,2)14-11-32-36(3)13-10-30(23-28(36)9-15-37(31,32)40)47-33(39)12-19-46-22-21-45-18-6-4-5-17-44-20-16-41-34(43)26-48-25-29(38)24-42;1-4-5-6(2)3;1-3-2/h9,24,27,29-32,39H,4-8,10-23,25-26,38,40H2,1-3H3,(H,41,43);6H,4-5H2,1-3H3;3H,1-2H3. The molecule has 57 heavy (non-hydrogen) atoms. The Balaban J connectivity index is 0.00000112. The van der Waals surface area contributed by atoms with Gasteiger partial charge < -0.3 is 45.8 Å². The normalized spacial score (nSPS) is 29.3. The Labute approximate surface area is 351 Å². The van der Waals surface area contributed by atoms with Crippen LogP contribution < -0.4 is 22.1 Å². The number of thioether (sulfide) groups is 1. The fraction of sp³-hybridized carbons (Fsp3) is 0.889. The number of unbranched alkanes of at least 4 members (excludes halogenated alkanes) is 2. The molecule has 3 saturated carbocycles. The molecule has 8 atom stereocenters. The zero-order chi connectivity index (χ0) is 42.3. The van der Waals surface area contributed by atoms with Crippen molar-refractivity contribution < 1.29 is 28.5 Å². The quantitative estimate of drug-likeness (QED) is 0.0232. The van der Waals surface area contributed by atoms with E-state index in [2.05, 4.69) is 58.3 Å². The van der Waals surface area contributed by atoms with Gasteiger partial charge in [0.05, 0.1) is 38.2 Å². The first kappa shape index (κ1) is 51.6. The molecule has 0 heterocycles. The first-order valence-electron chi connectivity index (χ1n) is 22.3. The van der Waals surface area contributed by atoms with Gasteiger partial charge in [0.15, 0.2) is 5.90 Å². The van der Waals surface area contributed by atoms with Gasteiger partial charge in [0.1, 0.15) is 12.4 Å². The third kappa shape index (κ3) is 16.8. The lowest BCUT2D eigenvalue weighted by Crippen LogP contribution is -2.66. The molecule has 4 rings (SSSR count). The molecule has 4 aliphatic carbocycles. The summed E-state index contributed by atoms with van der Waals surface area (Å²) in [7, 11) is 3.75. The molecule has 7 N–H and O–H groups in total. The lowest BCUT2D eigenvalue weighted by atomic mass is 9.44. The highest BCUT2D eigenvalue weighted by molar-refractivity contribution is 8.00. The van der Waals surface area contributed by atoms with E-state index in [4.69, 9.17) is 35.8 Å². The summed E-state index contributed by atoms with van der Waals surface area (Å²) in [6.07, 6.45) is 18.5. The Bertz CT molecular complexity index is 1190. The number of carbonyl (C=O) groups is 2. The summed E-state index contributed by atoms with van der Waals surface area (Å²) in [4.78, 5) is 22.2. The van der Waals surface area contributed by atoms with E-state index in [-0.39, 0.29) is 23.0 Å². The maximum Gasteiger partial charge on any atom is 0.230 e. The molecule has 0 radical (unpaired) electrons. The van der Waals surface area contributed by atoms with Crippen molar-refractivity contribution in [1.82, 2.24) is 10.6 Å². The minimum absolute atomic E-state index is 0.0760. The molecule has 0 spiro atoms. The van der Waals surface area contributed by atoms with Crippen LogP contribution in [0.5, 0.6) is 0 Å². The molecule has 332 valence electrons. The van der Waals surface area contributed by atoms with E-state index in [0.717, 1.165) is 56.8 Å². The Hall–Kier alpha value is -1.54. The van der Waals surface area contributed by atoms with E-state index in [9.17, 15) is 9.59 Å². The van der Waals surface area contributed by atoms with Crippen LogP contribution in [0, 0.1) is 39.9 Å². The first-order chi connectivity index (χ1) is 27.2. The average molecular weight is 824 g/mol. The molecule has 0 aromatic carbocycles. The summed E-state index contributed by atoms with van der Waals surface area (Å²) in [5.74, 6) is 3.83. The summed E-state index contributed by atoms with van der Waals surface area (Å²) in [5, 5.41) is 14.0. The van der Waals surface area contributed by atoms with Crippen LogP contribution in [0.15, 0.2) is 11.6 Å². The third-order valence-electron chi connectivity index (χ3n) is 13.1. The molecular formula is C45H85N5O6S. The zero-order valence-corrected chi connectivity index (χ0v) is 38.2. The summed E-state index contributed by atoms with van der Waals surface area (Å²) in [6.45, 7) is 18.0. The Morgan fingerprint density at radius 2 is 1.65 bits per heavy atom. The Morgan fingerprint density at radius 3 is 2.28 bits per heavy atom. The van der Waals surface area contributed by atoms with Gasteiger partial charge in [-0.2, -0.15) is 0 Å². The minimum Gasteiger partial charge on any atom is -0.477 e. The molecule has 1 amide bonds. The SMILES string of the molecule is CC1CCC2C1(C)CCC1C3(C)CCC(OC(=N)CCOCCOCCCCCOCCNC(=O)CSCC(N)C=O)CC3=CCC12N.CCCC(C)C.CNC. The van der Waals surface area contributed by atoms with E-state index in [1.807, 2.05) is 14.1 Å². The number of ether oxygens (including phenoxy) is 4. The maximum absolute atomic E-state index is 11.7. The number of aldehydes is 1. The molecule has 0 bridgehead atoms. The highest BCUT2D eigenvalue weighted by Crippen LogP contribution is 2.67. The summed E-state index contributed by atoms with van der Waals surface area (Å²) < 4.78 is 23.1. The molecule has 3 fully saturated rings. The summed E-state index contributed by atoms with van der Waals surface area (Å²) in [5.41, 5.74) is 14.9. The van der Waals surface area contributed by atoms with Gasteiger partial charge in [0.2, 0.25) is 5.91 Å². The van der Waals surface area contributed by atoms with Gasteiger partial charge in [0.25, 0.3) is 0 Å². The van der Waals surface area contributed by atoms with Crippen molar-refractivity contribution in [2.45, 2.75) is 149 Å². The van der Waals surface area contributed by atoms with E-state index < -0.39 is 6.04 Å². The zero-order valence-electron chi connectivity index (χ0n) is 37.4. The number of fused-ring (bicyclic) bond motifs is 5. The highest BCUT2D eigenvalue weighted by Gasteiger charge is 2.63. The molecule has 0 aromatic rings. The molecule has 4 aliphatic rings. The number of nitrogens with one attached hydrogen (secondary N) is 3. The summed E-state index contributed by atoms with van der Waals surface area (Å²) in [6, 6.07) is -0.519. The van der Waals surface area contributed by atoms with Crippen LogP contribution in [0.3, 0.4) is 0 Å². The van der Waals surface area contributed by atoms with Crippen LogP contribution in [-0.2, 0) is 28.5 Å². The van der Waals surface area contributed by atoms with Crippen molar-refractivity contribution in [2.24, 2.45) is 46.0 Å². The number of amides is 1. The van der Waals surface area contributed by atoms with Gasteiger partial charge in [-0.25, -0.2) is 0 Å². The van der Waals surface area contributed by atoms with Gasteiger partial charge in [0, 0.05) is 43.9 Å². The second-order valence-corrected chi connectivity index (χ2v) is 19.0. The topological polar surface area (TPSA) is 171 Å². The van der Waals surface area contributed by atoms with Gasteiger partial charge in [-0.1, -0.05) is 66.0 Å². The van der Waals surface area contributed by atoms with Crippen molar-refractivity contribution in [3.8, 4) is 0 Å². The second-order valence-electron chi connectivity index (χ2n) is 18.0. The van der Waals surface area contributed by atoms with Crippen molar-refractivity contribution in [2.75, 3.05) is 71.8 Å². The fourth-order valence-electron chi connectivity index (χ4n) is 9.85. The number of hydrogen-bond acceptors (Lipinski definition) is 11. The number of hydrogen-bond donors (Lipinski definition) is 5. The van der Waals surface area contributed by atoms with Crippen LogP contribution in [0.2, 0.25) is 0 Å². The van der Waals surface area contributed by atoms with Crippen LogP contribution in [0.25, 0.3) is 0 Å².